The maximum Gasteiger partial charge on any atom is 0.243 e. The molecule has 28 heavy (non-hydrogen) atoms. The molecule has 4 rings (SSSR count). The normalized spacial score (nSPS) is 26.4. The molecular formula is C22H34N2O3S. The Kier molecular flexibility index (Phi) is 6.71. The number of sulfonamides is 1. The van der Waals surface area contributed by atoms with Crippen molar-refractivity contribution in [2.45, 2.75) is 68.3 Å². The highest BCUT2D eigenvalue weighted by Crippen LogP contribution is 2.33. The van der Waals surface area contributed by atoms with Gasteiger partial charge in [-0.25, -0.2) is 8.42 Å². The zero-order valence-corrected chi connectivity index (χ0v) is 17.7. The molecule has 3 fully saturated rings. The van der Waals surface area contributed by atoms with Crippen molar-refractivity contribution in [1.29, 1.82) is 0 Å². The molecule has 156 valence electrons. The highest BCUT2D eigenvalue weighted by Gasteiger charge is 2.28. The molecule has 0 bridgehead atoms. The van der Waals surface area contributed by atoms with Gasteiger partial charge in [-0.05, 0) is 62.3 Å². The second-order valence-electron chi connectivity index (χ2n) is 8.60. The van der Waals surface area contributed by atoms with Gasteiger partial charge in [0, 0.05) is 32.8 Å². The summed E-state index contributed by atoms with van der Waals surface area (Å²) in [5.74, 6) is 0.607. The first-order chi connectivity index (χ1) is 13.6. The zero-order chi connectivity index (χ0) is 19.4. The molecule has 0 spiro atoms. The van der Waals surface area contributed by atoms with Crippen LogP contribution >= 0.6 is 0 Å². The predicted molar refractivity (Wildman–Crippen MR) is 111 cm³/mol. The summed E-state index contributed by atoms with van der Waals surface area (Å²) in [5.41, 5.74) is 1.30. The van der Waals surface area contributed by atoms with E-state index in [1.807, 2.05) is 24.3 Å². The minimum Gasteiger partial charge on any atom is -0.377 e. The van der Waals surface area contributed by atoms with Gasteiger partial charge in [-0.2, -0.15) is 4.31 Å². The third kappa shape index (κ3) is 4.78. The first-order valence-electron chi connectivity index (χ1n) is 11.1. The van der Waals surface area contributed by atoms with Crippen LogP contribution in [-0.2, 0) is 14.8 Å². The number of hydrogen-bond donors (Lipinski definition) is 0. The van der Waals surface area contributed by atoms with Crippen LogP contribution in [0.5, 0.6) is 0 Å². The lowest BCUT2D eigenvalue weighted by molar-refractivity contribution is 0.0749. The van der Waals surface area contributed by atoms with Crippen LogP contribution in [0.2, 0.25) is 0 Å². The lowest BCUT2D eigenvalue weighted by Crippen LogP contribution is -2.37. The van der Waals surface area contributed by atoms with E-state index in [0.29, 0.717) is 30.0 Å². The molecule has 1 atom stereocenters. The fraction of sp³-hybridized carbons (Fsp3) is 0.727. The van der Waals surface area contributed by atoms with Gasteiger partial charge in [0.2, 0.25) is 10.0 Å². The molecule has 6 heteroatoms. The Labute approximate surface area is 170 Å². The number of benzene rings is 1. The van der Waals surface area contributed by atoms with E-state index in [9.17, 15) is 8.42 Å². The summed E-state index contributed by atoms with van der Waals surface area (Å²) in [5, 5.41) is 0. The van der Waals surface area contributed by atoms with E-state index in [4.69, 9.17) is 4.74 Å². The van der Waals surface area contributed by atoms with Gasteiger partial charge in [0.15, 0.2) is 0 Å². The van der Waals surface area contributed by atoms with Crippen LogP contribution in [0.25, 0.3) is 0 Å². The predicted octanol–water partition coefficient (Wildman–Crippen LogP) is 3.61. The summed E-state index contributed by atoms with van der Waals surface area (Å²) in [7, 11) is -3.41. The summed E-state index contributed by atoms with van der Waals surface area (Å²) in [4.78, 5) is 2.82. The molecule has 2 heterocycles. The molecule has 1 unspecified atom stereocenters. The van der Waals surface area contributed by atoms with Crippen LogP contribution in [0.3, 0.4) is 0 Å². The van der Waals surface area contributed by atoms with Crippen molar-refractivity contribution in [3.05, 3.63) is 29.8 Å². The first-order valence-corrected chi connectivity index (χ1v) is 12.5. The van der Waals surface area contributed by atoms with Gasteiger partial charge in [0.25, 0.3) is 0 Å². The Bertz CT molecular complexity index is 723. The van der Waals surface area contributed by atoms with Crippen molar-refractivity contribution >= 4 is 10.0 Å². The Morgan fingerprint density at radius 2 is 1.64 bits per heavy atom. The van der Waals surface area contributed by atoms with Gasteiger partial charge in [0.1, 0.15) is 0 Å². The quantitative estimate of drug-likeness (QED) is 0.750. The van der Waals surface area contributed by atoms with Gasteiger partial charge in [-0.1, -0.05) is 31.4 Å². The number of nitrogens with zero attached hydrogens (tertiary/aromatic N) is 2. The summed E-state index contributed by atoms with van der Waals surface area (Å²) in [6.07, 6.45) is 9.88. The summed E-state index contributed by atoms with van der Waals surface area (Å²) < 4.78 is 33.7. The Morgan fingerprint density at radius 3 is 2.36 bits per heavy atom. The monoisotopic (exact) mass is 406 g/mol. The Morgan fingerprint density at radius 1 is 0.857 bits per heavy atom. The van der Waals surface area contributed by atoms with E-state index in [0.717, 1.165) is 45.5 Å². The van der Waals surface area contributed by atoms with Crippen LogP contribution in [-0.4, -0.2) is 63.1 Å². The highest BCUT2D eigenvalue weighted by molar-refractivity contribution is 7.89. The van der Waals surface area contributed by atoms with Crippen LogP contribution in [0, 0.1) is 0 Å². The third-order valence-corrected chi connectivity index (χ3v) is 8.54. The molecule has 1 aromatic rings. The maximum absolute atomic E-state index is 13.2. The van der Waals surface area contributed by atoms with Gasteiger partial charge < -0.3 is 4.74 Å². The number of rotatable bonds is 5. The molecule has 0 N–H and O–H groups in total. The second kappa shape index (κ2) is 9.24. The van der Waals surface area contributed by atoms with E-state index in [-0.39, 0.29) is 0 Å². The largest absolute Gasteiger partial charge is 0.377 e. The number of hydrogen-bond acceptors (Lipinski definition) is 4. The van der Waals surface area contributed by atoms with Crippen LogP contribution in [0.15, 0.2) is 29.2 Å². The molecule has 1 saturated carbocycles. The Balaban J connectivity index is 1.38. The van der Waals surface area contributed by atoms with E-state index in [2.05, 4.69) is 4.90 Å². The zero-order valence-electron chi connectivity index (χ0n) is 16.9. The lowest BCUT2D eigenvalue weighted by Gasteiger charge is -2.24. The van der Waals surface area contributed by atoms with Gasteiger partial charge >= 0.3 is 0 Å². The van der Waals surface area contributed by atoms with Crippen molar-refractivity contribution < 1.29 is 13.2 Å². The molecule has 0 radical (unpaired) electrons. The minimum atomic E-state index is -3.41. The average molecular weight is 407 g/mol. The van der Waals surface area contributed by atoms with E-state index in [1.165, 1.54) is 37.7 Å². The van der Waals surface area contributed by atoms with Crippen molar-refractivity contribution in [1.82, 2.24) is 9.21 Å². The van der Waals surface area contributed by atoms with Crippen LogP contribution in [0.4, 0.5) is 0 Å². The first kappa shape index (κ1) is 20.3. The van der Waals surface area contributed by atoms with E-state index >= 15 is 0 Å². The highest BCUT2D eigenvalue weighted by atomic mass is 32.2. The second-order valence-corrected chi connectivity index (χ2v) is 10.5. The third-order valence-electron chi connectivity index (χ3n) is 6.63. The van der Waals surface area contributed by atoms with Crippen molar-refractivity contribution in [2.75, 3.05) is 39.3 Å². The van der Waals surface area contributed by atoms with Crippen molar-refractivity contribution in [3.8, 4) is 0 Å². The van der Waals surface area contributed by atoms with Crippen LogP contribution in [0.1, 0.15) is 62.8 Å². The molecule has 2 saturated heterocycles. The molecule has 0 aromatic heterocycles. The Hall–Kier alpha value is -0.950. The molecule has 1 aliphatic carbocycles. The SMILES string of the molecule is O=S(=O)(c1ccc(C2CCCCC2)cc1)N1CCCN(CC2CCCO2)CC1. The molecule has 5 nitrogen and oxygen atoms in total. The van der Waals surface area contributed by atoms with Crippen molar-refractivity contribution in [2.24, 2.45) is 0 Å². The summed E-state index contributed by atoms with van der Waals surface area (Å²) in [6, 6.07) is 7.75. The van der Waals surface area contributed by atoms with Gasteiger partial charge in [-0.3, -0.25) is 4.90 Å². The smallest absolute Gasteiger partial charge is 0.243 e. The van der Waals surface area contributed by atoms with E-state index in [1.54, 1.807) is 4.31 Å². The van der Waals surface area contributed by atoms with Crippen molar-refractivity contribution in [3.63, 3.8) is 0 Å². The average Bonchev–Trinajstić information content (AvgIpc) is 3.12. The molecule has 0 amide bonds. The van der Waals surface area contributed by atoms with Gasteiger partial charge in [0.05, 0.1) is 11.0 Å². The molecule has 2 aliphatic heterocycles. The summed E-state index contributed by atoms with van der Waals surface area (Å²) in [6.45, 7) is 4.72. The molecular weight excluding hydrogens is 372 g/mol. The number of ether oxygens (including phenoxy) is 1. The topological polar surface area (TPSA) is 49.9 Å². The fourth-order valence-corrected chi connectivity index (χ4v) is 6.41. The molecule has 1 aromatic carbocycles. The molecule has 3 aliphatic rings. The van der Waals surface area contributed by atoms with Crippen LogP contribution < -0.4 is 0 Å². The lowest BCUT2D eigenvalue weighted by atomic mass is 9.84. The minimum absolute atomic E-state index is 0.329. The summed E-state index contributed by atoms with van der Waals surface area (Å²) >= 11 is 0. The maximum atomic E-state index is 13.2. The van der Waals surface area contributed by atoms with E-state index < -0.39 is 10.0 Å². The van der Waals surface area contributed by atoms with Gasteiger partial charge in [-0.15, -0.1) is 0 Å². The fourth-order valence-electron chi connectivity index (χ4n) is 4.94. The standard InChI is InChI=1S/C22H34N2O3S/c25-28(26,22-11-9-20(10-12-22)19-6-2-1-3-7-19)24-14-5-13-23(15-16-24)18-21-8-4-17-27-21/h9-12,19,21H,1-8,13-18H2.